The highest BCUT2D eigenvalue weighted by molar-refractivity contribution is 14.0. The number of rotatable bonds is 6. The fraction of sp³-hybridized carbons (Fsp3) is 0.632. The molecule has 0 saturated carbocycles. The molecule has 160 valence electrons. The second-order valence-electron chi connectivity index (χ2n) is 7.15. The van der Waals surface area contributed by atoms with Gasteiger partial charge in [0.1, 0.15) is 0 Å². The number of halogens is 4. The summed E-state index contributed by atoms with van der Waals surface area (Å²) in [7, 11) is 1.63. The summed E-state index contributed by atoms with van der Waals surface area (Å²) in [5, 5.41) is 6.24. The molecule has 0 spiro atoms. The van der Waals surface area contributed by atoms with Crippen molar-refractivity contribution in [3.63, 3.8) is 0 Å². The highest BCUT2D eigenvalue weighted by Gasteiger charge is 2.30. The summed E-state index contributed by atoms with van der Waals surface area (Å²) < 4.78 is 44.2. The van der Waals surface area contributed by atoms with Crippen LogP contribution in [0.15, 0.2) is 29.3 Å². The normalized spacial score (nSPS) is 18.7. The first-order chi connectivity index (χ1) is 12.8. The van der Waals surface area contributed by atoms with Crippen LogP contribution in [0.5, 0.6) is 0 Å². The van der Waals surface area contributed by atoms with Gasteiger partial charge in [-0.15, -0.1) is 24.0 Å². The highest BCUT2D eigenvalue weighted by Crippen LogP contribution is 2.29. The topological polar surface area (TPSA) is 48.9 Å². The molecule has 1 unspecified atom stereocenters. The van der Waals surface area contributed by atoms with Crippen molar-refractivity contribution in [1.82, 2.24) is 15.5 Å². The number of aliphatic imine (C=N–C) groups is 1. The minimum atomic E-state index is -4.34. The van der Waals surface area contributed by atoms with E-state index in [9.17, 15) is 13.2 Å². The lowest BCUT2D eigenvalue weighted by Crippen LogP contribution is -2.50. The number of benzene rings is 1. The van der Waals surface area contributed by atoms with Gasteiger partial charge in [-0.05, 0) is 23.6 Å². The molecule has 0 aromatic heterocycles. The van der Waals surface area contributed by atoms with Crippen molar-refractivity contribution in [1.29, 1.82) is 0 Å². The molecular weight excluding hydrogens is 484 g/mol. The number of hydrogen-bond donors (Lipinski definition) is 2. The molecule has 1 aromatic rings. The number of hydrogen-bond acceptors (Lipinski definition) is 3. The smallest absolute Gasteiger partial charge is 0.374 e. The Morgan fingerprint density at radius 1 is 1.32 bits per heavy atom. The average Bonchev–Trinajstić information content (AvgIpc) is 2.61. The third-order valence-electron chi connectivity index (χ3n) is 4.28. The Morgan fingerprint density at radius 2 is 2.07 bits per heavy atom. The molecule has 1 aliphatic rings. The minimum absolute atomic E-state index is 0. The number of ether oxygens (including phenoxy) is 1. The summed E-state index contributed by atoms with van der Waals surface area (Å²) in [5.74, 6) is 1.15. The van der Waals surface area contributed by atoms with Crippen LogP contribution in [-0.4, -0.2) is 56.8 Å². The quantitative estimate of drug-likeness (QED) is 0.348. The van der Waals surface area contributed by atoms with E-state index in [0.29, 0.717) is 30.6 Å². The zero-order chi connectivity index (χ0) is 19.9. The van der Waals surface area contributed by atoms with Gasteiger partial charge in [0.15, 0.2) is 5.96 Å². The maximum atomic E-state index is 12.8. The van der Waals surface area contributed by atoms with E-state index in [1.807, 2.05) is 0 Å². The van der Waals surface area contributed by atoms with Crippen LogP contribution >= 0.6 is 24.0 Å². The van der Waals surface area contributed by atoms with Crippen LogP contribution < -0.4 is 10.6 Å². The predicted octanol–water partition coefficient (Wildman–Crippen LogP) is 3.35. The summed E-state index contributed by atoms with van der Waals surface area (Å²) in [6.45, 7) is 8.79. The van der Waals surface area contributed by atoms with Crippen LogP contribution in [0.3, 0.4) is 0 Å². The SMILES string of the molecule is CN=C(NCc1cccc(C(F)(F)F)c1)NCC1CN(CC(C)C)CCO1.I. The lowest BCUT2D eigenvalue weighted by Gasteiger charge is -2.34. The van der Waals surface area contributed by atoms with Crippen molar-refractivity contribution in [3.05, 3.63) is 35.4 Å². The first-order valence-corrected chi connectivity index (χ1v) is 9.22. The van der Waals surface area contributed by atoms with Crippen LogP contribution in [0, 0.1) is 5.92 Å². The Kier molecular flexibility index (Phi) is 10.5. The van der Waals surface area contributed by atoms with E-state index >= 15 is 0 Å². The number of guanidine groups is 1. The van der Waals surface area contributed by atoms with Crippen LogP contribution in [0.2, 0.25) is 0 Å². The zero-order valence-electron chi connectivity index (χ0n) is 16.6. The summed E-state index contributed by atoms with van der Waals surface area (Å²) in [5.41, 5.74) is -0.101. The summed E-state index contributed by atoms with van der Waals surface area (Å²) in [6, 6.07) is 5.28. The molecule has 2 rings (SSSR count). The van der Waals surface area contributed by atoms with E-state index in [-0.39, 0.29) is 36.6 Å². The molecule has 0 radical (unpaired) electrons. The average molecular weight is 514 g/mol. The molecule has 9 heteroatoms. The molecule has 2 N–H and O–H groups in total. The van der Waals surface area contributed by atoms with E-state index in [1.165, 1.54) is 6.07 Å². The molecule has 1 fully saturated rings. The molecule has 0 aliphatic carbocycles. The summed E-state index contributed by atoms with van der Waals surface area (Å²) >= 11 is 0. The summed E-state index contributed by atoms with van der Waals surface area (Å²) in [4.78, 5) is 6.52. The lowest BCUT2D eigenvalue weighted by molar-refractivity contribution is -0.137. The molecule has 0 amide bonds. The molecule has 0 bridgehead atoms. The van der Waals surface area contributed by atoms with Crippen molar-refractivity contribution in [2.24, 2.45) is 10.9 Å². The number of nitrogens with one attached hydrogen (secondary N) is 2. The van der Waals surface area contributed by atoms with Crippen LogP contribution in [0.4, 0.5) is 13.2 Å². The Bertz CT molecular complexity index is 625. The van der Waals surface area contributed by atoms with Gasteiger partial charge < -0.3 is 15.4 Å². The lowest BCUT2D eigenvalue weighted by atomic mass is 10.1. The van der Waals surface area contributed by atoms with Gasteiger partial charge in [-0.1, -0.05) is 26.0 Å². The van der Waals surface area contributed by atoms with E-state index in [4.69, 9.17) is 4.74 Å². The van der Waals surface area contributed by atoms with E-state index in [1.54, 1.807) is 13.1 Å². The van der Waals surface area contributed by atoms with Gasteiger partial charge in [-0.25, -0.2) is 0 Å². The maximum absolute atomic E-state index is 12.8. The summed E-state index contributed by atoms with van der Waals surface area (Å²) in [6.07, 6.45) is -4.28. The van der Waals surface area contributed by atoms with Crippen molar-refractivity contribution >= 4 is 29.9 Å². The van der Waals surface area contributed by atoms with E-state index < -0.39 is 11.7 Å². The van der Waals surface area contributed by atoms with Crippen LogP contribution in [-0.2, 0) is 17.5 Å². The first kappa shape index (κ1) is 25.0. The van der Waals surface area contributed by atoms with Gasteiger partial charge >= 0.3 is 6.18 Å². The van der Waals surface area contributed by atoms with Crippen LogP contribution in [0.25, 0.3) is 0 Å². The Balaban J connectivity index is 0.00000392. The minimum Gasteiger partial charge on any atom is -0.374 e. The van der Waals surface area contributed by atoms with Crippen molar-refractivity contribution in [2.45, 2.75) is 32.7 Å². The zero-order valence-corrected chi connectivity index (χ0v) is 18.9. The molecule has 5 nitrogen and oxygen atoms in total. The standard InChI is InChI=1S/C19H29F3N4O.HI/c1-14(2)12-26-7-8-27-17(13-26)11-25-18(23-3)24-10-15-5-4-6-16(9-15)19(20,21)22;/h4-6,9,14,17H,7-8,10-13H2,1-3H3,(H2,23,24,25);1H. The Morgan fingerprint density at radius 3 is 2.71 bits per heavy atom. The van der Waals surface area contributed by atoms with Gasteiger partial charge in [0, 0.05) is 39.8 Å². The van der Waals surface area contributed by atoms with Gasteiger partial charge in [0.2, 0.25) is 0 Å². The Hall–Kier alpha value is -1.07. The third kappa shape index (κ3) is 8.52. The van der Waals surface area contributed by atoms with Gasteiger partial charge in [-0.3, -0.25) is 9.89 Å². The molecule has 1 atom stereocenters. The second-order valence-corrected chi connectivity index (χ2v) is 7.15. The monoisotopic (exact) mass is 514 g/mol. The highest BCUT2D eigenvalue weighted by atomic mass is 127. The molecule has 1 heterocycles. The largest absolute Gasteiger partial charge is 0.416 e. The second kappa shape index (κ2) is 11.8. The molecule has 28 heavy (non-hydrogen) atoms. The van der Waals surface area contributed by atoms with Crippen molar-refractivity contribution < 1.29 is 17.9 Å². The molecule has 1 aromatic carbocycles. The molecular formula is C19H30F3IN4O. The van der Waals surface area contributed by atoms with Gasteiger partial charge in [-0.2, -0.15) is 13.2 Å². The Labute approximate surface area is 182 Å². The maximum Gasteiger partial charge on any atom is 0.416 e. The fourth-order valence-corrected chi connectivity index (χ4v) is 3.06. The van der Waals surface area contributed by atoms with Crippen molar-refractivity contribution in [2.75, 3.05) is 39.8 Å². The third-order valence-corrected chi connectivity index (χ3v) is 4.28. The molecule has 1 aliphatic heterocycles. The number of nitrogens with zero attached hydrogens (tertiary/aromatic N) is 2. The van der Waals surface area contributed by atoms with Gasteiger partial charge in [0.25, 0.3) is 0 Å². The van der Waals surface area contributed by atoms with E-state index in [0.717, 1.165) is 31.8 Å². The number of alkyl halides is 3. The predicted molar refractivity (Wildman–Crippen MR) is 116 cm³/mol. The molecule has 1 saturated heterocycles. The van der Waals surface area contributed by atoms with E-state index in [2.05, 4.69) is 34.4 Å². The van der Waals surface area contributed by atoms with Crippen LogP contribution in [0.1, 0.15) is 25.0 Å². The fourth-order valence-electron chi connectivity index (χ4n) is 3.06. The number of morpholine rings is 1. The first-order valence-electron chi connectivity index (χ1n) is 9.22. The van der Waals surface area contributed by atoms with Crippen molar-refractivity contribution in [3.8, 4) is 0 Å². The van der Waals surface area contributed by atoms with Gasteiger partial charge in [0.05, 0.1) is 18.3 Å².